The number of benzene rings is 1. The molecular weight excluding hydrogens is 234 g/mol. The number of aryl methyl sites for hydroxylation is 2. The van der Waals surface area contributed by atoms with Crippen LogP contribution in [0.15, 0.2) is 24.3 Å². The zero-order valence-corrected chi connectivity index (χ0v) is 12.3. The Balaban J connectivity index is 1.89. The number of aromatic nitrogens is 2. The molecule has 1 aromatic heterocycles. The summed E-state index contributed by atoms with van der Waals surface area (Å²) in [5.74, 6) is 1.13. The van der Waals surface area contributed by atoms with Crippen LogP contribution in [0.3, 0.4) is 0 Å². The van der Waals surface area contributed by atoms with E-state index in [1.807, 2.05) is 0 Å². The smallest absolute Gasteiger partial charge is 0.106 e. The molecule has 0 bridgehead atoms. The Hall–Kier alpha value is -1.35. The summed E-state index contributed by atoms with van der Waals surface area (Å²) in [5.41, 5.74) is 2.38. The van der Waals surface area contributed by atoms with Gasteiger partial charge in [-0.15, -0.1) is 0 Å². The highest BCUT2D eigenvalue weighted by molar-refractivity contribution is 5.75. The molecule has 2 rings (SSSR count). The number of nitrogens with zero attached hydrogens (tertiary/aromatic N) is 2. The van der Waals surface area contributed by atoms with Crippen molar-refractivity contribution in [1.82, 2.24) is 14.9 Å². The molecule has 0 aliphatic carbocycles. The summed E-state index contributed by atoms with van der Waals surface area (Å²) in [7, 11) is 0. The Morgan fingerprint density at radius 2 is 2.05 bits per heavy atom. The van der Waals surface area contributed by atoms with Crippen molar-refractivity contribution in [3.05, 3.63) is 30.1 Å². The van der Waals surface area contributed by atoms with Crippen molar-refractivity contribution >= 4 is 11.0 Å². The Bertz CT molecular complexity index is 516. The molecule has 2 aromatic rings. The molecule has 0 aliphatic heterocycles. The fourth-order valence-electron chi connectivity index (χ4n) is 2.65. The second kappa shape index (κ2) is 6.71. The van der Waals surface area contributed by atoms with E-state index < -0.39 is 0 Å². The van der Waals surface area contributed by atoms with Crippen molar-refractivity contribution in [2.45, 2.75) is 52.6 Å². The number of imidazole rings is 1. The van der Waals surface area contributed by atoms with Gasteiger partial charge in [-0.3, -0.25) is 0 Å². The van der Waals surface area contributed by atoms with Gasteiger partial charge in [-0.2, -0.15) is 0 Å². The van der Waals surface area contributed by atoms with Gasteiger partial charge in [-0.1, -0.05) is 25.5 Å². The average Bonchev–Trinajstić information content (AvgIpc) is 2.71. The lowest BCUT2D eigenvalue weighted by molar-refractivity contribution is 0.486. The molecule has 0 spiro atoms. The minimum Gasteiger partial charge on any atom is -0.328 e. The normalized spacial score (nSPS) is 13.0. The number of rotatable bonds is 7. The highest BCUT2D eigenvalue weighted by atomic mass is 15.1. The third-order valence-corrected chi connectivity index (χ3v) is 3.67. The monoisotopic (exact) mass is 259 g/mol. The quantitative estimate of drug-likeness (QED) is 0.771. The maximum absolute atomic E-state index is 4.61. The topological polar surface area (TPSA) is 29.9 Å². The first-order valence-electron chi connectivity index (χ1n) is 7.37. The fourth-order valence-corrected chi connectivity index (χ4v) is 2.65. The second-order valence-electron chi connectivity index (χ2n) is 5.25. The van der Waals surface area contributed by atoms with Crippen molar-refractivity contribution in [3.8, 4) is 0 Å². The molecule has 1 N–H and O–H groups in total. The standard InChI is InChI=1S/C16H25N3/c1-4-17-13(2)9-7-8-12-19-14(3)18-15-10-5-6-11-16(15)19/h5-6,10-11,13,17H,4,7-9,12H2,1-3H3. The van der Waals surface area contributed by atoms with Gasteiger partial charge in [-0.05, 0) is 45.4 Å². The summed E-state index contributed by atoms with van der Waals surface area (Å²) in [6.07, 6.45) is 3.73. The molecule has 0 saturated heterocycles. The molecule has 1 aromatic carbocycles. The minimum atomic E-state index is 0.630. The molecule has 0 aliphatic rings. The van der Waals surface area contributed by atoms with Crippen LogP contribution >= 0.6 is 0 Å². The summed E-state index contributed by atoms with van der Waals surface area (Å²) in [6, 6.07) is 9.03. The van der Waals surface area contributed by atoms with Crippen LogP contribution in [0.4, 0.5) is 0 Å². The summed E-state index contributed by atoms with van der Waals surface area (Å²) >= 11 is 0. The van der Waals surface area contributed by atoms with Crippen LogP contribution in [0.5, 0.6) is 0 Å². The van der Waals surface area contributed by atoms with E-state index in [1.165, 1.54) is 24.8 Å². The first-order chi connectivity index (χ1) is 9.22. The summed E-state index contributed by atoms with van der Waals surface area (Å²) in [4.78, 5) is 4.61. The Labute approximate surface area is 116 Å². The summed E-state index contributed by atoms with van der Waals surface area (Å²) in [6.45, 7) is 8.66. The Morgan fingerprint density at radius 1 is 1.26 bits per heavy atom. The first kappa shape index (κ1) is 14.1. The van der Waals surface area contributed by atoms with Crippen LogP contribution in [0.1, 0.15) is 38.9 Å². The van der Waals surface area contributed by atoms with Crippen LogP contribution in [0.2, 0.25) is 0 Å². The van der Waals surface area contributed by atoms with E-state index in [4.69, 9.17) is 0 Å². The van der Waals surface area contributed by atoms with E-state index >= 15 is 0 Å². The molecule has 0 saturated carbocycles. The third-order valence-electron chi connectivity index (χ3n) is 3.67. The van der Waals surface area contributed by atoms with Gasteiger partial charge in [-0.25, -0.2) is 4.98 Å². The molecule has 0 radical (unpaired) electrons. The molecule has 3 nitrogen and oxygen atoms in total. The van der Waals surface area contributed by atoms with E-state index in [9.17, 15) is 0 Å². The largest absolute Gasteiger partial charge is 0.328 e. The molecule has 3 heteroatoms. The van der Waals surface area contributed by atoms with Gasteiger partial charge in [0.05, 0.1) is 11.0 Å². The van der Waals surface area contributed by atoms with Gasteiger partial charge >= 0.3 is 0 Å². The predicted octanol–water partition coefficient (Wildman–Crippen LogP) is 3.51. The van der Waals surface area contributed by atoms with Crippen molar-refractivity contribution in [1.29, 1.82) is 0 Å². The van der Waals surface area contributed by atoms with E-state index in [0.717, 1.165) is 24.4 Å². The van der Waals surface area contributed by atoms with Crippen LogP contribution in [-0.4, -0.2) is 22.1 Å². The molecule has 1 heterocycles. The van der Waals surface area contributed by atoms with E-state index in [-0.39, 0.29) is 0 Å². The maximum Gasteiger partial charge on any atom is 0.106 e. The van der Waals surface area contributed by atoms with Gasteiger partial charge in [0, 0.05) is 12.6 Å². The van der Waals surface area contributed by atoms with Crippen molar-refractivity contribution in [3.63, 3.8) is 0 Å². The van der Waals surface area contributed by atoms with Gasteiger partial charge in [0.25, 0.3) is 0 Å². The van der Waals surface area contributed by atoms with Gasteiger partial charge in [0.2, 0.25) is 0 Å². The fraction of sp³-hybridized carbons (Fsp3) is 0.562. The molecule has 0 fully saturated rings. The number of hydrogen-bond donors (Lipinski definition) is 1. The van der Waals surface area contributed by atoms with Crippen LogP contribution in [-0.2, 0) is 6.54 Å². The first-order valence-corrected chi connectivity index (χ1v) is 7.37. The van der Waals surface area contributed by atoms with Gasteiger partial charge in [0.15, 0.2) is 0 Å². The van der Waals surface area contributed by atoms with Crippen molar-refractivity contribution in [2.75, 3.05) is 6.54 Å². The average molecular weight is 259 g/mol. The van der Waals surface area contributed by atoms with Crippen LogP contribution < -0.4 is 5.32 Å². The molecular formula is C16H25N3. The van der Waals surface area contributed by atoms with Crippen LogP contribution in [0, 0.1) is 6.92 Å². The lowest BCUT2D eigenvalue weighted by atomic mass is 10.1. The van der Waals surface area contributed by atoms with Crippen molar-refractivity contribution < 1.29 is 0 Å². The zero-order valence-electron chi connectivity index (χ0n) is 12.3. The molecule has 1 atom stereocenters. The lowest BCUT2D eigenvalue weighted by Crippen LogP contribution is -2.25. The zero-order chi connectivity index (χ0) is 13.7. The molecule has 1 unspecified atom stereocenters. The van der Waals surface area contributed by atoms with E-state index in [1.54, 1.807) is 0 Å². The summed E-state index contributed by atoms with van der Waals surface area (Å²) < 4.78 is 2.34. The Morgan fingerprint density at radius 3 is 2.84 bits per heavy atom. The van der Waals surface area contributed by atoms with Crippen molar-refractivity contribution in [2.24, 2.45) is 0 Å². The maximum atomic E-state index is 4.61. The summed E-state index contributed by atoms with van der Waals surface area (Å²) in [5, 5.41) is 3.46. The molecule has 0 amide bonds. The Kier molecular flexibility index (Phi) is 4.97. The predicted molar refractivity (Wildman–Crippen MR) is 81.5 cm³/mol. The van der Waals surface area contributed by atoms with Crippen LogP contribution in [0.25, 0.3) is 11.0 Å². The number of nitrogens with one attached hydrogen (secondary N) is 1. The molecule has 104 valence electrons. The number of unbranched alkanes of at least 4 members (excludes halogenated alkanes) is 1. The SMILES string of the molecule is CCNC(C)CCCCn1c(C)nc2ccccc21. The van der Waals surface area contributed by atoms with Gasteiger partial charge < -0.3 is 9.88 Å². The molecule has 19 heavy (non-hydrogen) atoms. The highest BCUT2D eigenvalue weighted by Gasteiger charge is 2.06. The number of para-hydroxylation sites is 2. The van der Waals surface area contributed by atoms with E-state index in [2.05, 4.69) is 59.9 Å². The van der Waals surface area contributed by atoms with Gasteiger partial charge in [0.1, 0.15) is 5.82 Å². The minimum absolute atomic E-state index is 0.630. The van der Waals surface area contributed by atoms with E-state index in [0.29, 0.717) is 6.04 Å². The number of fused-ring (bicyclic) bond motifs is 1. The second-order valence-corrected chi connectivity index (χ2v) is 5.25. The third kappa shape index (κ3) is 3.57. The lowest BCUT2D eigenvalue weighted by Gasteiger charge is -2.12. The highest BCUT2D eigenvalue weighted by Crippen LogP contribution is 2.16. The number of hydrogen-bond acceptors (Lipinski definition) is 2.